The molecule has 0 fully saturated rings. The predicted molar refractivity (Wildman–Crippen MR) is 85.5 cm³/mol. The van der Waals surface area contributed by atoms with Gasteiger partial charge in [-0.25, -0.2) is 0 Å². The summed E-state index contributed by atoms with van der Waals surface area (Å²) in [5.74, 6) is -0.0898. The average Bonchev–Trinajstić information content (AvgIpc) is 2.53. The van der Waals surface area contributed by atoms with Crippen molar-refractivity contribution in [2.75, 3.05) is 12.4 Å². The number of benzene rings is 1. The smallest absolute Gasteiger partial charge is 0.255 e. The highest BCUT2D eigenvalue weighted by molar-refractivity contribution is 5.99. The van der Waals surface area contributed by atoms with E-state index in [1.807, 2.05) is 25.1 Å². The summed E-state index contributed by atoms with van der Waals surface area (Å²) in [7, 11) is 1.80. The maximum Gasteiger partial charge on any atom is 0.255 e. The number of amides is 1. The Bertz CT molecular complexity index is 584. The summed E-state index contributed by atoms with van der Waals surface area (Å²) in [6.45, 7) is 2.02. The summed E-state index contributed by atoms with van der Waals surface area (Å²) >= 11 is 0. The van der Waals surface area contributed by atoms with E-state index in [9.17, 15) is 4.79 Å². The Balaban J connectivity index is 1.90. The number of aryl methyl sites for hydroxylation is 1. The molecule has 2 N–H and O–H groups in total. The first-order chi connectivity index (χ1) is 10.2. The number of carbonyl (C=O) groups excluding carboxylic acids is 1. The van der Waals surface area contributed by atoms with Crippen LogP contribution in [-0.4, -0.2) is 24.0 Å². The first-order valence-electron chi connectivity index (χ1n) is 7.17. The first kappa shape index (κ1) is 15.0. The molecule has 0 radical (unpaired) electrons. The molecule has 0 spiro atoms. The van der Waals surface area contributed by atoms with Gasteiger partial charge in [0, 0.05) is 31.2 Å². The van der Waals surface area contributed by atoms with Gasteiger partial charge in [0.15, 0.2) is 0 Å². The van der Waals surface area contributed by atoms with E-state index < -0.39 is 0 Å². The van der Waals surface area contributed by atoms with Gasteiger partial charge < -0.3 is 10.6 Å². The number of pyridine rings is 1. The standard InChI is InChI=1S/C17H21N3O/c1-13(8-9-14-6-4-3-5-7-14)20-17(21)15-12-19-11-10-16(15)18-2/h3-7,10-13H,8-9H2,1-2H3,(H,18,19)(H,20,21). The number of rotatable bonds is 6. The largest absolute Gasteiger partial charge is 0.387 e. The molecule has 4 nitrogen and oxygen atoms in total. The minimum Gasteiger partial charge on any atom is -0.387 e. The maximum atomic E-state index is 12.3. The summed E-state index contributed by atoms with van der Waals surface area (Å²) in [5.41, 5.74) is 2.65. The Kier molecular flexibility index (Phi) is 5.32. The summed E-state index contributed by atoms with van der Waals surface area (Å²) in [6.07, 6.45) is 5.12. The number of nitrogens with one attached hydrogen (secondary N) is 2. The van der Waals surface area contributed by atoms with Crippen LogP contribution >= 0.6 is 0 Å². The molecule has 1 heterocycles. The van der Waals surface area contributed by atoms with Gasteiger partial charge in [0.1, 0.15) is 0 Å². The summed E-state index contributed by atoms with van der Waals surface area (Å²) in [5, 5.41) is 6.03. The molecular weight excluding hydrogens is 262 g/mol. The zero-order valence-electron chi connectivity index (χ0n) is 12.5. The molecule has 0 saturated carbocycles. The third kappa shape index (κ3) is 4.31. The fraction of sp³-hybridized carbons (Fsp3) is 0.294. The Labute approximate surface area is 125 Å². The number of carbonyl (C=O) groups is 1. The fourth-order valence-electron chi connectivity index (χ4n) is 2.19. The van der Waals surface area contributed by atoms with Crippen LogP contribution in [0.5, 0.6) is 0 Å². The van der Waals surface area contributed by atoms with Crippen molar-refractivity contribution in [1.29, 1.82) is 0 Å². The highest BCUT2D eigenvalue weighted by atomic mass is 16.1. The molecule has 2 rings (SSSR count). The molecule has 1 aromatic carbocycles. The topological polar surface area (TPSA) is 54.0 Å². The van der Waals surface area contributed by atoms with Gasteiger partial charge in [-0.2, -0.15) is 0 Å². The quantitative estimate of drug-likeness (QED) is 0.857. The number of aromatic nitrogens is 1. The molecule has 0 saturated heterocycles. The van der Waals surface area contributed by atoms with E-state index in [0.29, 0.717) is 5.56 Å². The van der Waals surface area contributed by atoms with Crippen LogP contribution in [0.4, 0.5) is 5.69 Å². The van der Waals surface area contributed by atoms with E-state index in [2.05, 4.69) is 27.8 Å². The summed E-state index contributed by atoms with van der Waals surface area (Å²) < 4.78 is 0. The molecule has 0 bridgehead atoms. The molecule has 1 unspecified atom stereocenters. The molecule has 1 aromatic heterocycles. The normalized spacial score (nSPS) is 11.7. The maximum absolute atomic E-state index is 12.3. The van der Waals surface area contributed by atoms with E-state index in [1.54, 1.807) is 25.5 Å². The van der Waals surface area contributed by atoms with Gasteiger partial charge in [0.25, 0.3) is 5.91 Å². The van der Waals surface area contributed by atoms with Crippen molar-refractivity contribution in [1.82, 2.24) is 10.3 Å². The minimum atomic E-state index is -0.0898. The Morgan fingerprint density at radius 1 is 1.24 bits per heavy atom. The van der Waals surface area contributed by atoms with Crippen molar-refractivity contribution in [3.63, 3.8) is 0 Å². The second kappa shape index (κ2) is 7.43. The fourth-order valence-corrected chi connectivity index (χ4v) is 2.19. The lowest BCUT2D eigenvalue weighted by atomic mass is 10.1. The molecule has 1 atom stereocenters. The highest BCUT2D eigenvalue weighted by Gasteiger charge is 2.13. The van der Waals surface area contributed by atoms with E-state index in [4.69, 9.17) is 0 Å². The number of anilines is 1. The molecule has 4 heteroatoms. The second-order valence-corrected chi connectivity index (χ2v) is 5.07. The van der Waals surface area contributed by atoms with Gasteiger partial charge in [0.2, 0.25) is 0 Å². The van der Waals surface area contributed by atoms with Crippen LogP contribution in [0.1, 0.15) is 29.3 Å². The summed E-state index contributed by atoms with van der Waals surface area (Å²) in [4.78, 5) is 16.3. The zero-order valence-corrected chi connectivity index (χ0v) is 12.5. The molecular formula is C17H21N3O. The van der Waals surface area contributed by atoms with Gasteiger partial charge in [-0.05, 0) is 31.4 Å². The lowest BCUT2D eigenvalue weighted by Gasteiger charge is -2.15. The van der Waals surface area contributed by atoms with E-state index in [-0.39, 0.29) is 11.9 Å². The van der Waals surface area contributed by atoms with Crippen LogP contribution in [-0.2, 0) is 6.42 Å². The van der Waals surface area contributed by atoms with Crippen molar-refractivity contribution < 1.29 is 4.79 Å². The Morgan fingerprint density at radius 3 is 2.71 bits per heavy atom. The van der Waals surface area contributed by atoms with Crippen LogP contribution < -0.4 is 10.6 Å². The minimum absolute atomic E-state index is 0.0898. The van der Waals surface area contributed by atoms with E-state index in [1.165, 1.54) is 5.56 Å². The molecule has 21 heavy (non-hydrogen) atoms. The molecule has 110 valence electrons. The average molecular weight is 283 g/mol. The van der Waals surface area contributed by atoms with Crippen molar-refractivity contribution in [2.24, 2.45) is 0 Å². The molecule has 1 amide bonds. The van der Waals surface area contributed by atoms with Gasteiger partial charge in [0.05, 0.1) is 5.56 Å². The van der Waals surface area contributed by atoms with Gasteiger partial charge in [-0.1, -0.05) is 30.3 Å². The molecule has 0 aliphatic carbocycles. The van der Waals surface area contributed by atoms with E-state index >= 15 is 0 Å². The van der Waals surface area contributed by atoms with Crippen LogP contribution in [0.15, 0.2) is 48.8 Å². The Morgan fingerprint density at radius 2 is 2.00 bits per heavy atom. The van der Waals surface area contributed by atoms with Crippen molar-refractivity contribution in [3.05, 3.63) is 59.9 Å². The molecule has 0 aliphatic heterocycles. The van der Waals surface area contributed by atoms with Crippen molar-refractivity contribution in [2.45, 2.75) is 25.8 Å². The van der Waals surface area contributed by atoms with Crippen molar-refractivity contribution in [3.8, 4) is 0 Å². The third-order valence-electron chi connectivity index (χ3n) is 3.42. The third-order valence-corrected chi connectivity index (χ3v) is 3.42. The zero-order chi connectivity index (χ0) is 15.1. The molecule has 0 aliphatic rings. The van der Waals surface area contributed by atoms with Gasteiger partial charge in [-0.3, -0.25) is 9.78 Å². The Hall–Kier alpha value is -2.36. The second-order valence-electron chi connectivity index (χ2n) is 5.07. The molecule has 2 aromatic rings. The van der Waals surface area contributed by atoms with Crippen molar-refractivity contribution >= 4 is 11.6 Å². The first-order valence-corrected chi connectivity index (χ1v) is 7.17. The predicted octanol–water partition coefficient (Wildman–Crippen LogP) is 2.87. The SMILES string of the molecule is CNc1ccncc1C(=O)NC(C)CCc1ccccc1. The summed E-state index contributed by atoms with van der Waals surface area (Å²) in [6, 6.07) is 12.2. The van der Waals surface area contributed by atoms with Crippen LogP contribution in [0.3, 0.4) is 0 Å². The van der Waals surface area contributed by atoms with Gasteiger partial charge in [-0.15, -0.1) is 0 Å². The lowest BCUT2D eigenvalue weighted by molar-refractivity contribution is 0.0939. The van der Waals surface area contributed by atoms with E-state index in [0.717, 1.165) is 18.5 Å². The van der Waals surface area contributed by atoms with Gasteiger partial charge >= 0.3 is 0 Å². The lowest BCUT2D eigenvalue weighted by Crippen LogP contribution is -2.33. The van der Waals surface area contributed by atoms with Crippen LogP contribution in [0, 0.1) is 0 Å². The highest BCUT2D eigenvalue weighted by Crippen LogP contribution is 2.13. The van der Waals surface area contributed by atoms with Crippen LogP contribution in [0.2, 0.25) is 0 Å². The van der Waals surface area contributed by atoms with Crippen LogP contribution in [0.25, 0.3) is 0 Å². The number of hydrogen-bond acceptors (Lipinski definition) is 3. The number of hydrogen-bond donors (Lipinski definition) is 2. The monoisotopic (exact) mass is 283 g/mol. The number of nitrogens with zero attached hydrogens (tertiary/aromatic N) is 1.